The number of fused-ring (bicyclic) bond motifs is 2. The van der Waals surface area contributed by atoms with Gasteiger partial charge in [0.1, 0.15) is 17.6 Å². The molecule has 4 nitrogen and oxygen atoms in total. The molecule has 1 saturated heterocycles. The predicted octanol–water partition coefficient (Wildman–Crippen LogP) is 4.68. The summed E-state index contributed by atoms with van der Waals surface area (Å²) in [7, 11) is 2.19. The number of piperidine rings is 1. The molecule has 1 fully saturated rings. The van der Waals surface area contributed by atoms with E-state index in [-0.39, 0.29) is 0 Å². The zero-order chi connectivity index (χ0) is 19.0. The van der Waals surface area contributed by atoms with E-state index in [1.165, 1.54) is 40.6 Å². The topological polar surface area (TPSA) is 49.8 Å². The summed E-state index contributed by atoms with van der Waals surface area (Å²) >= 11 is 3.24. The Balaban J connectivity index is 1.73. The number of aliphatic carboxylic acids is 1. The third kappa shape index (κ3) is 3.89. The molecule has 1 aromatic carbocycles. The molecule has 27 heavy (non-hydrogen) atoms. The zero-order valence-corrected chi connectivity index (χ0v) is 17.3. The molecular weight excluding hydrogens is 378 g/mol. The van der Waals surface area contributed by atoms with Crippen LogP contribution in [0.5, 0.6) is 5.75 Å². The molecule has 0 spiro atoms. The zero-order valence-electron chi connectivity index (χ0n) is 15.7. The van der Waals surface area contributed by atoms with Gasteiger partial charge in [-0.25, -0.2) is 0 Å². The van der Waals surface area contributed by atoms with Crippen LogP contribution < -0.4 is 4.74 Å². The lowest BCUT2D eigenvalue weighted by Gasteiger charge is -2.34. The quantitative estimate of drug-likeness (QED) is 0.751. The van der Waals surface area contributed by atoms with Crippen molar-refractivity contribution in [2.45, 2.75) is 42.4 Å². The van der Waals surface area contributed by atoms with Crippen molar-refractivity contribution < 1.29 is 14.6 Å². The Kier molecular flexibility index (Phi) is 5.48. The first-order chi connectivity index (χ1) is 13.0. The van der Waals surface area contributed by atoms with E-state index in [0.717, 1.165) is 23.7 Å². The SMILES string of the molecule is CC(Sc1ccc2c(c1)C(C1CCN(C)CC1)c1sccc1CO2)C(=O)O. The maximum atomic E-state index is 11.3. The largest absolute Gasteiger partial charge is 0.489 e. The lowest BCUT2D eigenvalue weighted by atomic mass is 9.78. The second-order valence-electron chi connectivity index (χ2n) is 7.52. The highest BCUT2D eigenvalue weighted by Gasteiger charge is 2.34. The first-order valence-corrected chi connectivity index (χ1v) is 11.2. The van der Waals surface area contributed by atoms with Crippen LogP contribution in [0.15, 0.2) is 34.5 Å². The second-order valence-corrected chi connectivity index (χ2v) is 9.88. The molecule has 4 rings (SSSR count). The summed E-state index contributed by atoms with van der Waals surface area (Å²) in [5.74, 6) is 1.11. The molecule has 3 heterocycles. The molecule has 0 bridgehead atoms. The van der Waals surface area contributed by atoms with Crippen LogP contribution in [0.1, 0.15) is 41.7 Å². The summed E-state index contributed by atoms with van der Waals surface area (Å²) in [6.45, 7) is 4.61. The van der Waals surface area contributed by atoms with Crippen LogP contribution >= 0.6 is 23.1 Å². The molecule has 144 valence electrons. The molecule has 0 radical (unpaired) electrons. The minimum Gasteiger partial charge on any atom is -0.489 e. The van der Waals surface area contributed by atoms with Gasteiger partial charge in [0.25, 0.3) is 0 Å². The lowest BCUT2D eigenvalue weighted by Crippen LogP contribution is -2.33. The van der Waals surface area contributed by atoms with Gasteiger partial charge in [-0.3, -0.25) is 4.79 Å². The number of likely N-dealkylation sites (tertiary alicyclic amines) is 1. The maximum Gasteiger partial charge on any atom is 0.316 e. The van der Waals surface area contributed by atoms with Gasteiger partial charge in [-0.2, -0.15) is 0 Å². The molecule has 0 amide bonds. The van der Waals surface area contributed by atoms with Crippen LogP contribution in [0.25, 0.3) is 0 Å². The van der Waals surface area contributed by atoms with Crippen LogP contribution in [0.3, 0.4) is 0 Å². The average Bonchev–Trinajstić information content (AvgIpc) is 3.05. The summed E-state index contributed by atoms with van der Waals surface area (Å²) in [5, 5.41) is 11.0. The molecule has 2 atom stereocenters. The van der Waals surface area contributed by atoms with Gasteiger partial charge in [0.15, 0.2) is 0 Å². The predicted molar refractivity (Wildman–Crippen MR) is 110 cm³/mol. The van der Waals surface area contributed by atoms with Crippen molar-refractivity contribution in [1.29, 1.82) is 0 Å². The fraction of sp³-hybridized carbons (Fsp3) is 0.476. The summed E-state index contributed by atoms with van der Waals surface area (Å²) in [5.41, 5.74) is 2.53. The number of thiophene rings is 1. The molecule has 2 aliphatic heterocycles. The van der Waals surface area contributed by atoms with E-state index in [2.05, 4.69) is 29.5 Å². The van der Waals surface area contributed by atoms with Crippen molar-refractivity contribution in [3.8, 4) is 5.75 Å². The molecule has 2 aliphatic rings. The van der Waals surface area contributed by atoms with E-state index < -0.39 is 11.2 Å². The molecular formula is C21H25NO3S2. The Hall–Kier alpha value is -1.50. The Morgan fingerprint density at radius 2 is 2.11 bits per heavy atom. The summed E-state index contributed by atoms with van der Waals surface area (Å²) < 4.78 is 6.15. The molecule has 0 aliphatic carbocycles. The van der Waals surface area contributed by atoms with Gasteiger partial charge in [-0.1, -0.05) is 0 Å². The van der Waals surface area contributed by atoms with Crippen LogP contribution in [-0.4, -0.2) is 41.4 Å². The fourth-order valence-electron chi connectivity index (χ4n) is 4.10. The third-order valence-electron chi connectivity index (χ3n) is 5.66. The highest BCUT2D eigenvalue weighted by molar-refractivity contribution is 8.00. The Morgan fingerprint density at radius 1 is 1.33 bits per heavy atom. The van der Waals surface area contributed by atoms with E-state index in [1.54, 1.807) is 6.92 Å². The van der Waals surface area contributed by atoms with E-state index in [9.17, 15) is 9.90 Å². The Morgan fingerprint density at radius 3 is 2.85 bits per heavy atom. The molecule has 1 aromatic heterocycles. The molecule has 0 saturated carbocycles. The Bertz CT molecular complexity index is 827. The van der Waals surface area contributed by atoms with Gasteiger partial charge in [-0.15, -0.1) is 23.1 Å². The fourth-order valence-corrected chi connectivity index (χ4v) is 6.07. The van der Waals surface area contributed by atoms with Crippen molar-refractivity contribution >= 4 is 29.1 Å². The number of hydrogen-bond acceptors (Lipinski definition) is 5. The van der Waals surface area contributed by atoms with Crippen LogP contribution in [0.4, 0.5) is 0 Å². The van der Waals surface area contributed by atoms with E-state index in [0.29, 0.717) is 18.4 Å². The minimum absolute atomic E-state index is 0.340. The number of ether oxygens (including phenoxy) is 1. The summed E-state index contributed by atoms with van der Waals surface area (Å²) in [4.78, 5) is 16.1. The van der Waals surface area contributed by atoms with Crippen LogP contribution in [0.2, 0.25) is 0 Å². The van der Waals surface area contributed by atoms with Gasteiger partial charge < -0.3 is 14.7 Å². The smallest absolute Gasteiger partial charge is 0.316 e. The van der Waals surface area contributed by atoms with Gasteiger partial charge in [-0.05, 0) is 75.5 Å². The normalized spacial score (nSPS) is 21.6. The number of hydrogen-bond donors (Lipinski definition) is 1. The van der Waals surface area contributed by atoms with Crippen LogP contribution in [-0.2, 0) is 11.4 Å². The number of nitrogens with zero attached hydrogens (tertiary/aromatic N) is 1. The molecule has 2 aromatic rings. The maximum absolute atomic E-state index is 11.3. The third-order valence-corrected chi connectivity index (χ3v) is 7.78. The summed E-state index contributed by atoms with van der Waals surface area (Å²) in [6.07, 6.45) is 2.36. The van der Waals surface area contributed by atoms with Gasteiger partial charge in [0, 0.05) is 26.8 Å². The monoisotopic (exact) mass is 403 g/mol. The number of carbonyl (C=O) groups is 1. The van der Waals surface area contributed by atoms with Gasteiger partial charge in [0.2, 0.25) is 0 Å². The molecule has 2 unspecified atom stereocenters. The van der Waals surface area contributed by atoms with E-state index in [1.807, 2.05) is 23.5 Å². The first kappa shape index (κ1) is 18.8. The van der Waals surface area contributed by atoms with Crippen molar-refractivity contribution in [1.82, 2.24) is 4.90 Å². The van der Waals surface area contributed by atoms with Crippen molar-refractivity contribution in [3.05, 3.63) is 45.6 Å². The van der Waals surface area contributed by atoms with Crippen molar-refractivity contribution in [2.24, 2.45) is 5.92 Å². The highest BCUT2D eigenvalue weighted by atomic mass is 32.2. The number of rotatable bonds is 4. The second kappa shape index (κ2) is 7.86. The number of thioether (sulfide) groups is 1. The summed E-state index contributed by atoms with van der Waals surface area (Å²) in [6, 6.07) is 8.39. The van der Waals surface area contributed by atoms with Gasteiger partial charge in [0.05, 0.1) is 0 Å². The minimum atomic E-state index is -0.779. The molecule has 6 heteroatoms. The van der Waals surface area contributed by atoms with Crippen LogP contribution in [0, 0.1) is 5.92 Å². The lowest BCUT2D eigenvalue weighted by molar-refractivity contribution is -0.136. The van der Waals surface area contributed by atoms with Crippen molar-refractivity contribution in [2.75, 3.05) is 20.1 Å². The highest BCUT2D eigenvalue weighted by Crippen LogP contribution is 2.47. The number of carboxylic acids is 1. The first-order valence-electron chi connectivity index (χ1n) is 9.44. The standard InChI is InChI=1S/C21H25NO3S2/c1-13(21(23)24)27-16-3-4-18-17(11-16)19(14-5-8-22(2)9-6-14)20-15(12-25-18)7-10-26-20/h3-4,7,10-11,13-14,19H,5-6,8-9,12H2,1-2H3,(H,23,24). The molecule has 1 N–H and O–H groups in total. The average molecular weight is 404 g/mol. The van der Waals surface area contributed by atoms with E-state index >= 15 is 0 Å². The van der Waals surface area contributed by atoms with E-state index in [4.69, 9.17) is 4.74 Å². The number of carboxylic acid groups (broad SMARTS) is 1. The number of benzene rings is 1. The van der Waals surface area contributed by atoms with Crippen molar-refractivity contribution in [3.63, 3.8) is 0 Å². The Labute approximate surface area is 168 Å². The van der Waals surface area contributed by atoms with Gasteiger partial charge >= 0.3 is 5.97 Å².